The Bertz CT molecular complexity index is 1110. The van der Waals surface area contributed by atoms with Gasteiger partial charge in [-0.25, -0.2) is 0 Å². The summed E-state index contributed by atoms with van der Waals surface area (Å²) >= 11 is 0. The first kappa shape index (κ1) is 30.5. The van der Waals surface area contributed by atoms with Crippen molar-refractivity contribution in [1.29, 1.82) is 0 Å². The molecule has 0 spiro atoms. The summed E-state index contributed by atoms with van der Waals surface area (Å²) in [4.78, 5) is 12.9. The number of fused-ring (bicyclic) bond motifs is 1. The number of hydrogen-bond acceptors (Lipinski definition) is 3. The first-order chi connectivity index (χ1) is 19.2. The highest BCUT2D eigenvalue weighted by molar-refractivity contribution is 6.10. The Labute approximate surface area is 236 Å². The molecule has 0 saturated carbocycles. The number of hydrogen-bond donors (Lipinski definition) is 2. The number of ether oxygens (including phenoxy) is 1. The normalized spacial score (nSPS) is 11.1. The van der Waals surface area contributed by atoms with E-state index in [9.17, 15) is 9.90 Å². The molecule has 3 aromatic rings. The average Bonchev–Trinajstić information content (AvgIpc) is 2.95. The van der Waals surface area contributed by atoms with Crippen LogP contribution in [0.15, 0.2) is 60.7 Å². The number of aromatic hydroxyl groups is 1. The van der Waals surface area contributed by atoms with Crippen LogP contribution in [-0.4, -0.2) is 17.6 Å². The molecule has 0 aliphatic heterocycles. The van der Waals surface area contributed by atoms with E-state index in [0.29, 0.717) is 23.4 Å². The Morgan fingerprint density at radius 2 is 1.21 bits per heavy atom. The Morgan fingerprint density at radius 1 is 0.667 bits per heavy atom. The number of phenolic OH excluding ortho intramolecular Hbond substituents is 1. The van der Waals surface area contributed by atoms with E-state index in [4.69, 9.17) is 4.74 Å². The maximum Gasteiger partial charge on any atom is 0.259 e. The van der Waals surface area contributed by atoms with Crippen molar-refractivity contribution in [3.05, 3.63) is 66.2 Å². The highest BCUT2D eigenvalue weighted by Gasteiger charge is 2.15. The molecule has 0 aliphatic rings. The zero-order valence-corrected chi connectivity index (χ0v) is 24.1. The van der Waals surface area contributed by atoms with E-state index in [2.05, 4.69) is 12.2 Å². The molecule has 0 saturated heterocycles. The summed E-state index contributed by atoms with van der Waals surface area (Å²) in [7, 11) is 0. The van der Waals surface area contributed by atoms with Crippen molar-refractivity contribution in [2.75, 3.05) is 11.9 Å². The minimum atomic E-state index is -0.350. The van der Waals surface area contributed by atoms with Gasteiger partial charge in [-0.3, -0.25) is 4.79 Å². The maximum absolute atomic E-state index is 12.9. The molecule has 4 heteroatoms. The summed E-state index contributed by atoms with van der Waals surface area (Å²) in [5.41, 5.74) is 0.868. The van der Waals surface area contributed by atoms with Gasteiger partial charge in [0.05, 0.1) is 17.9 Å². The van der Waals surface area contributed by atoms with E-state index in [1.54, 1.807) is 6.07 Å². The number of phenols is 1. The van der Waals surface area contributed by atoms with Gasteiger partial charge in [0.15, 0.2) is 0 Å². The summed E-state index contributed by atoms with van der Waals surface area (Å²) in [5.74, 6) is 0.306. The smallest absolute Gasteiger partial charge is 0.259 e. The summed E-state index contributed by atoms with van der Waals surface area (Å²) in [6, 6.07) is 18.5. The van der Waals surface area contributed by atoms with Gasteiger partial charge in [0.1, 0.15) is 11.5 Å². The predicted molar refractivity (Wildman–Crippen MR) is 165 cm³/mol. The molecule has 0 atom stereocenters. The van der Waals surface area contributed by atoms with Gasteiger partial charge in [0.2, 0.25) is 0 Å². The molecule has 0 aliphatic carbocycles. The van der Waals surface area contributed by atoms with Crippen LogP contribution in [0.2, 0.25) is 0 Å². The van der Waals surface area contributed by atoms with Gasteiger partial charge >= 0.3 is 0 Å². The van der Waals surface area contributed by atoms with E-state index in [1.807, 2.05) is 54.6 Å². The molecule has 4 nitrogen and oxygen atoms in total. The van der Waals surface area contributed by atoms with Crippen LogP contribution >= 0.6 is 0 Å². The van der Waals surface area contributed by atoms with Crippen molar-refractivity contribution in [3.63, 3.8) is 0 Å². The second-order valence-electron chi connectivity index (χ2n) is 10.8. The fraction of sp³-hybridized carbons (Fsp3) is 0.514. The third-order valence-electron chi connectivity index (χ3n) is 7.54. The van der Waals surface area contributed by atoms with Crippen molar-refractivity contribution in [1.82, 2.24) is 0 Å². The second kappa shape index (κ2) is 18.3. The number of benzene rings is 3. The molecule has 3 rings (SSSR count). The van der Waals surface area contributed by atoms with Gasteiger partial charge < -0.3 is 15.2 Å². The summed E-state index contributed by atoms with van der Waals surface area (Å²) in [6.45, 7) is 2.91. The Morgan fingerprint density at radius 3 is 1.85 bits per heavy atom. The number of para-hydroxylation sites is 2. The predicted octanol–water partition coefficient (Wildman–Crippen LogP) is 10.4. The number of unbranched alkanes of at least 4 members (excludes halogenated alkanes) is 15. The molecular formula is C35H49NO3. The lowest BCUT2D eigenvalue weighted by Gasteiger charge is -2.13. The Hall–Kier alpha value is -3.01. The van der Waals surface area contributed by atoms with E-state index < -0.39 is 0 Å². The molecule has 212 valence electrons. The number of nitrogens with one attached hydrogen (secondary N) is 1. The fourth-order valence-electron chi connectivity index (χ4n) is 5.16. The third-order valence-corrected chi connectivity index (χ3v) is 7.54. The first-order valence-corrected chi connectivity index (χ1v) is 15.4. The van der Waals surface area contributed by atoms with Crippen molar-refractivity contribution >= 4 is 22.4 Å². The zero-order valence-electron chi connectivity index (χ0n) is 24.1. The fourth-order valence-corrected chi connectivity index (χ4v) is 5.16. The minimum Gasteiger partial charge on any atom is -0.506 e. The quantitative estimate of drug-likeness (QED) is 0.143. The summed E-state index contributed by atoms with van der Waals surface area (Å²) in [6.07, 6.45) is 21.5. The van der Waals surface area contributed by atoms with Gasteiger partial charge in [-0.15, -0.1) is 0 Å². The molecule has 1 amide bonds. The number of amides is 1. The number of carbonyl (C=O) groups excluding carboxylic acids is 1. The molecule has 2 N–H and O–H groups in total. The van der Waals surface area contributed by atoms with Crippen molar-refractivity contribution in [2.45, 2.75) is 110 Å². The van der Waals surface area contributed by atoms with Crippen LogP contribution in [-0.2, 0) is 0 Å². The van der Waals surface area contributed by atoms with Gasteiger partial charge in [-0.2, -0.15) is 0 Å². The van der Waals surface area contributed by atoms with E-state index in [1.165, 1.54) is 89.9 Å². The monoisotopic (exact) mass is 531 g/mol. The highest BCUT2D eigenvalue weighted by Crippen LogP contribution is 2.31. The second-order valence-corrected chi connectivity index (χ2v) is 10.8. The molecule has 0 heterocycles. The molecule has 3 aromatic carbocycles. The van der Waals surface area contributed by atoms with Crippen LogP contribution in [0.25, 0.3) is 10.8 Å². The minimum absolute atomic E-state index is 0.00262. The number of rotatable bonds is 20. The average molecular weight is 532 g/mol. The molecule has 0 fully saturated rings. The van der Waals surface area contributed by atoms with Crippen LogP contribution in [0, 0.1) is 0 Å². The van der Waals surface area contributed by atoms with Crippen molar-refractivity contribution < 1.29 is 14.6 Å². The Balaban J connectivity index is 1.26. The first-order valence-electron chi connectivity index (χ1n) is 15.4. The van der Waals surface area contributed by atoms with Gasteiger partial charge in [0.25, 0.3) is 5.91 Å². The van der Waals surface area contributed by atoms with Gasteiger partial charge in [-0.05, 0) is 30.0 Å². The molecule has 0 bridgehead atoms. The molecule has 0 radical (unpaired) electrons. The van der Waals surface area contributed by atoms with Crippen LogP contribution in [0.4, 0.5) is 5.69 Å². The highest BCUT2D eigenvalue weighted by atomic mass is 16.5. The molecule has 0 aromatic heterocycles. The van der Waals surface area contributed by atoms with Gasteiger partial charge in [0, 0.05) is 5.39 Å². The van der Waals surface area contributed by atoms with Crippen LogP contribution in [0.5, 0.6) is 11.5 Å². The lowest BCUT2D eigenvalue weighted by Crippen LogP contribution is -2.13. The molecule has 39 heavy (non-hydrogen) atoms. The number of carbonyl (C=O) groups is 1. The maximum atomic E-state index is 12.9. The van der Waals surface area contributed by atoms with Crippen LogP contribution in [0.1, 0.15) is 120 Å². The zero-order chi connectivity index (χ0) is 27.5. The van der Waals surface area contributed by atoms with Gasteiger partial charge in [-0.1, -0.05) is 146 Å². The lowest BCUT2D eigenvalue weighted by atomic mass is 10.0. The van der Waals surface area contributed by atoms with E-state index in [0.717, 1.165) is 18.2 Å². The number of anilines is 1. The van der Waals surface area contributed by atoms with E-state index >= 15 is 0 Å². The largest absolute Gasteiger partial charge is 0.506 e. The molecular weight excluding hydrogens is 482 g/mol. The molecule has 0 unspecified atom stereocenters. The Kier molecular flexibility index (Phi) is 14.3. The summed E-state index contributed by atoms with van der Waals surface area (Å²) in [5, 5.41) is 15.1. The topological polar surface area (TPSA) is 58.6 Å². The van der Waals surface area contributed by atoms with E-state index in [-0.39, 0.29) is 17.2 Å². The third kappa shape index (κ3) is 10.9. The van der Waals surface area contributed by atoms with Crippen LogP contribution < -0.4 is 10.1 Å². The lowest BCUT2D eigenvalue weighted by molar-refractivity contribution is 0.102. The van der Waals surface area contributed by atoms with Crippen molar-refractivity contribution in [2.24, 2.45) is 0 Å². The van der Waals surface area contributed by atoms with Crippen LogP contribution in [0.3, 0.4) is 0 Å². The standard InChI is InChI=1S/C35H49NO3/c1-2-3-4-5-6-7-8-9-10-11-12-13-14-15-16-21-28-39-33-25-20-19-24-32(33)36-35(38)31-27-26-29-22-17-18-23-30(29)34(31)37/h17-20,22-27,37H,2-16,21,28H2,1H3,(H,36,38). The summed E-state index contributed by atoms with van der Waals surface area (Å²) < 4.78 is 6.02. The van der Waals surface area contributed by atoms with Crippen molar-refractivity contribution in [3.8, 4) is 11.5 Å². The SMILES string of the molecule is CCCCCCCCCCCCCCCCCCOc1ccccc1NC(=O)c1ccc2ccccc2c1O.